The molecule has 0 aliphatic carbocycles. The SMILES string of the molecule is O=C(Cc1ccccc1)N1CCC[C@@H](c2cccc(Cc3ccccc3F)n2)C1. The maximum absolute atomic E-state index is 14.0. The van der Waals surface area contributed by atoms with Gasteiger partial charge < -0.3 is 4.90 Å². The summed E-state index contributed by atoms with van der Waals surface area (Å²) in [7, 11) is 0. The molecule has 0 saturated carbocycles. The number of piperidine rings is 1. The van der Waals surface area contributed by atoms with E-state index >= 15 is 0 Å². The number of rotatable bonds is 5. The zero-order valence-electron chi connectivity index (χ0n) is 16.4. The van der Waals surface area contributed by atoms with E-state index in [1.165, 1.54) is 6.07 Å². The van der Waals surface area contributed by atoms with Gasteiger partial charge in [-0.05, 0) is 42.2 Å². The van der Waals surface area contributed by atoms with Crippen LogP contribution in [0.4, 0.5) is 4.39 Å². The number of amides is 1. The Morgan fingerprint density at radius 2 is 1.79 bits per heavy atom. The number of carbonyl (C=O) groups excluding carboxylic acids is 1. The van der Waals surface area contributed by atoms with E-state index in [2.05, 4.69) is 0 Å². The third kappa shape index (κ3) is 4.89. The number of hydrogen-bond donors (Lipinski definition) is 0. The third-order valence-corrected chi connectivity index (χ3v) is 5.55. The van der Waals surface area contributed by atoms with E-state index in [0.29, 0.717) is 24.9 Å². The highest BCUT2D eigenvalue weighted by Gasteiger charge is 2.25. The van der Waals surface area contributed by atoms with Crippen molar-refractivity contribution in [2.24, 2.45) is 0 Å². The van der Waals surface area contributed by atoms with Crippen LogP contribution in [-0.2, 0) is 17.6 Å². The summed E-state index contributed by atoms with van der Waals surface area (Å²) >= 11 is 0. The Morgan fingerprint density at radius 3 is 2.62 bits per heavy atom. The topological polar surface area (TPSA) is 33.2 Å². The van der Waals surface area contributed by atoms with Gasteiger partial charge in [-0.25, -0.2) is 4.39 Å². The Balaban J connectivity index is 1.44. The summed E-state index contributed by atoms with van der Waals surface area (Å²) < 4.78 is 14.0. The van der Waals surface area contributed by atoms with Crippen LogP contribution in [0.15, 0.2) is 72.8 Å². The number of aromatic nitrogens is 1. The van der Waals surface area contributed by atoms with Crippen LogP contribution in [-0.4, -0.2) is 28.9 Å². The molecule has 4 heteroatoms. The van der Waals surface area contributed by atoms with Gasteiger partial charge in [0.25, 0.3) is 0 Å². The van der Waals surface area contributed by atoms with Crippen molar-refractivity contribution < 1.29 is 9.18 Å². The molecule has 1 aromatic heterocycles. The zero-order valence-corrected chi connectivity index (χ0v) is 16.4. The van der Waals surface area contributed by atoms with Crippen LogP contribution in [0.5, 0.6) is 0 Å². The molecule has 148 valence electrons. The lowest BCUT2D eigenvalue weighted by atomic mass is 9.93. The van der Waals surface area contributed by atoms with E-state index in [4.69, 9.17) is 4.98 Å². The fourth-order valence-corrected chi connectivity index (χ4v) is 3.99. The molecule has 0 unspecified atom stereocenters. The molecule has 0 bridgehead atoms. The van der Waals surface area contributed by atoms with E-state index in [-0.39, 0.29) is 17.6 Å². The van der Waals surface area contributed by atoms with Crippen molar-refractivity contribution in [3.63, 3.8) is 0 Å². The highest BCUT2D eigenvalue weighted by molar-refractivity contribution is 5.79. The number of hydrogen-bond acceptors (Lipinski definition) is 2. The number of halogens is 1. The zero-order chi connectivity index (χ0) is 20.1. The van der Waals surface area contributed by atoms with Crippen LogP contribution in [0.3, 0.4) is 0 Å². The lowest BCUT2D eigenvalue weighted by Gasteiger charge is -2.32. The van der Waals surface area contributed by atoms with Crippen molar-refractivity contribution in [2.45, 2.75) is 31.6 Å². The molecule has 1 aliphatic rings. The van der Waals surface area contributed by atoms with Crippen molar-refractivity contribution >= 4 is 5.91 Å². The first-order chi connectivity index (χ1) is 14.2. The van der Waals surface area contributed by atoms with Gasteiger partial charge >= 0.3 is 0 Å². The first-order valence-corrected chi connectivity index (χ1v) is 10.2. The number of benzene rings is 2. The van der Waals surface area contributed by atoms with Crippen LogP contribution in [0.2, 0.25) is 0 Å². The highest BCUT2D eigenvalue weighted by atomic mass is 19.1. The van der Waals surface area contributed by atoms with Crippen molar-refractivity contribution in [3.05, 3.63) is 101 Å². The van der Waals surface area contributed by atoms with Gasteiger partial charge in [0.2, 0.25) is 5.91 Å². The van der Waals surface area contributed by atoms with Crippen molar-refractivity contribution in [2.75, 3.05) is 13.1 Å². The molecular weight excluding hydrogens is 363 g/mol. The first-order valence-electron chi connectivity index (χ1n) is 10.2. The van der Waals surface area contributed by atoms with Gasteiger partial charge in [0, 0.05) is 36.8 Å². The summed E-state index contributed by atoms with van der Waals surface area (Å²) in [5.41, 5.74) is 3.56. The van der Waals surface area contributed by atoms with Crippen LogP contribution >= 0.6 is 0 Å². The average Bonchev–Trinajstić information content (AvgIpc) is 2.76. The van der Waals surface area contributed by atoms with Crippen molar-refractivity contribution in [3.8, 4) is 0 Å². The molecule has 3 aromatic rings. The molecule has 4 rings (SSSR count). The molecule has 1 atom stereocenters. The number of pyridine rings is 1. The standard InChI is InChI=1S/C25H25FN2O/c26-23-13-5-4-10-20(23)17-22-12-6-14-24(27-22)21-11-7-15-28(18-21)25(29)16-19-8-2-1-3-9-19/h1-6,8-10,12-14,21H,7,11,15-18H2/t21-/m1/s1. The minimum absolute atomic E-state index is 0.170. The number of carbonyl (C=O) groups is 1. The van der Waals surface area contributed by atoms with E-state index in [9.17, 15) is 9.18 Å². The Bertz CT molecular complexity index is 973. The van der Waals surface area contributed by atoms with Crippen LogP contribution in [0.1, 0.15) is 41.3 Å². The van der Waals surface area contributed by atoms with Crippen molar-refractivity contribution in [1.82, 2.24) is 9.88 Å². The average molecular weight is 388 g/mol. The summed E-state index contributed by atoms with van der Waals surface area (Å²) in [5, 5.41) is 0. The molecular formula is C25H25FN2O. The predicted octanol–water partition coefficient (Wildman–Crippen LogP) is 4.76. The monoisotopic (exact) mass is 388 g/mol. The molecule has 0 N–H and O–H groups in total. The van der Waals surface area contributed by atoms with E-state index in [1.54, 1.807) is 12.1 Å². The molecule has 1 fully saturated rings. The summed E-state index contributed by atoms with van der Waals surface area (Å²) in [6, 6.07) is 22.7. The van der Waals surface area contributed by atoms with Gasteiger partial charge in [-0.2, -0.15) is 0 Å². The fourth-order valence-electron chi connectivity index (χ4n) is 3.99. The smallest absolute Gasteiger partial charge is 0.227 e. The van der Waals surface area contributed by atoms with Crippen LogP contribution in [0, 0.1) is 5.82 Å². The summed E-state index contributed by atoms with van der Waals surface area (Å²) in [5.74, 6) is 0.197. The Labute approximate surface area is 171 Å². The molecule has 29 heavy (non-hydrogen) atoms. The van der Waals surface area contributed by atoms with E-state index in [1.807, 2.05) is 59.5 Å². The predicted molar refractivity (Wildman–Crippen MR) is 112 cm³/mol. The molecule has 3 nitrogen and oxygen atoms in total. The first kappa shape index (κ1) is 19.3. The second kappa shape index (κ2) is 8.99. The van der Waals surface area contributed by atoms with Gasteiger partial charge in [0.1, 0.15) is 5.82 Å². The quantitative estimate of drug-likeness (QED) is 0.631. The molecule has 0 spiro atoms. The van der Waals surface area contributed by atoms with E-state index < -0.39 is 0 Å². The highest BCUT2D eigenvalue weighted by Crippen LogP contribution is 2.26. The van der Waals surface area contributed by atoms with Gasteiger partial charge in [-0.3, -0.25) is 9.78 Å². The minimum Gasteiger partial charge on any atom is -0.342 e. The molecule has 2 heterocycles. The maximum Gasteiger partial charge on any atom is 0.227 e. The summed E-state index contributed by atoms with van der Waals surface area (Å²) in [6.07, 6.45) is 2.91. The number of likely N-dealkylation sites (tertiary alicyclic amines) is 1. The molecule has 2 aromatic carbocycles. The van der Waals surface area contributed by atoms with Gasteiger partial charge in [-0.15, -0.1) is 0 Å². The Morgan fingerprint density at radius 1 is 1.00 bits per heavy atom. The van der Waals surface area contributed by atoms with Gasteiger partial charge in [0.15, 0.2) is 0 Å². The van der Waals surface area contributed by atoms with Crippen LogP contribution < -0.4 is 0 Å². The largest absolute Gasteiger partial charge is 0.342 e. The van der Waals surface area contributed by atoms with Gasteiger partial charge in [0.05, 0.1) is 6.42 Å². The van der Waals surface area contributed by atoms with Gasteiger partial charge in [-0.1, -0.05) is 54.6 Å². The lowest BCUT2D eigenvalue weighted by molar-refractivity contribution is -0.131. The second-order valence-electron chi connectivity index (χ2n) is 7.66. The van der Waals surface area contributed by atoms with Crippen molar-refractivity contribution in [1.29, 1.82) is 0 Å². The third-order valence-electron chi connectivity index (χ3n) is 5.55. The maximum atomic E-state index is 14.0. The Kier molecular flexibility index (Phi) is 5.99. The Hall–Kier alpha value is -3.01. The normalized spacial score (nSPS) is 16.6. The van der Waals surface area contributed by atoms with Crippen LogP contribution in [0.25, 0.3) is 0 Å². The molecule has 1 amide bonds. The minimum atomic E-state index is -0.199. The molecule has 1 saturated heterocycles. The summed E-state index contributed by atoms with van der Waals surface area (Å²) in [6.45, 7) is 1.50. The second-order valence-corrected chi connectivity index (χ2v) is 7.66. The molecule has 1 aliphatic heterocycles. The fraction of sp³-hybridized carbons (Fsp3) is 0.280. The molecule has 0 radical (unpaired) electrons. The van der Waals surface area contributed by atoms with E-state index in [0.717, 1.165) is 36.3 Å². The number of nitrogens with zero attached hydrogens (tertiary/aromatic N) is 2. The lowest BCUT2D eigenvalue weighted by Crippen LogP contribution is -2.40. The summed E-state index contributed by atoms with van der Waals surface area (Å²) in [4.78, 5) is 19.5.